The lowest BCUT2D eigenvalue weighted by Gasteiger charge is -2.17. The number of rotatable bonds is 4. The summed E-state index contributed by atoms with van der Waals surface area (Å²) in [4.78, 5) is 17.8. The van der Waals surface area contributed by atoms with E-state index in [1.807, 2.05) is 18.2 Å². The summed E-state index contributed by atoms with van der Waals surface area (Å²) in [5, 5.41) is 2.82. The molecule has 5 heteroatoms. The van der Waals surface area contributed by atoms with Gasteiger partial charge >= 0.3 is 6.03 Å². The molecule has 0 atom stereocenters. The van der Waals surface area contributed by atoms with Gasteiger partial charge in [-0.15, -0.1) is 0 Å². The molecule has 1 aromatic carbocycles. The number of nitrogen functional groups attached to an aromatic ring is 1. The maximum atomic E-state index is 12.0. The van der Waals surface area contributed by atoms with Crippen LogP contribution in [0.2, 0.25) is 0 Å². The predicted molar refractivity (Wildman–Crippen MR) is 80.4 cm³/mol. The molecule has 0 saturated carbocycles. The van der Waals surface area contributed by atoms with E-state index in [9.17, 15) is 4.79 Å². The highest BCUT2D eigenvalue weighted by Gasteiger charge is 2.08. The van der Waals surface area contributed by atoms with Crippen LogP contribution in [0, 0.1) is 0 Å². The van der Waals surface area contributed by atoms with Gasteiger partial charge in [0.05, 0.1) is 0 Å². The topological polar surface area (TPSA) is 71.2 Å². The van der Waals surface area contributed by atoms with Crippen LogP contribution in [0.3, 0.4) is 0 Å². The number of pyridine rings is 1. The zero-order chi connectivity index (χ0) is 14.4. The maximum Gasteiger partial charge on any atom is 0.321 e. The average Bonchev–Trinajstić information content (AvgIpc) is 2.48. The lowest BCUT2D eigenvalue weighted by atomic mass is 10.2. The van der Waals surface area contributed by atoms with Crippen molar-refractivity contribution in [2.24, 2.45) is 0 Å². The highest BCUT2D eigenvalue weighted by molar-refractivity contribution is 5.89. The molecule has 5 nitrogen and oxygen atoms in total. The van der Waals surface area contributed by atoms with E-state index >= 15 is 0 Å². The van der Waals surface area contributed by atoms with E-state index in [2.05, 4.69) is 10.3 Å². The van der Waals surface area contributed by atoms with Gasteiger partial charge in [0.25, 0.3) is 0 Å². The summed E-state index contributed by atoms with van der Waals surface area (Å²) in [6, 6.07) is 12.7. The minimum absolute atomic E-state index is 0.147. The zero-order valence-electron chi connectivity index (χ0n) is 11.4. The van der Waals surface area contributed by atoms with Crippen LogP contribution in [0.4, 0.5) is 16.2 Å². The van der Waals surface area contributed by atoms with Gasteiger partial charge in [-0.1, -0.05) is 6.07 Å². The molecule has 0 aliphatic rings. The van der Waals surface area contributed by atoms with Crippen LogP contribution >= 0.6 is 0 Å². The molecule has 0 aliphatic heterocycles. The number of carbonyl (C=O) groups is 1. The normalized spacial score (nSPS) is 10.1. The predicted octanol–water partition coefficient (Wildman–Crippen LogP) is 2.37. The van der Waals surface area contributed by atoms with E-state index in [1.165, 1.54) is 0 Å². The minimum Gasteiger partial charge on any atom is -0.399 e. The molecule has 0 fully saturated rings. The van der Waals surface area contributed by atoms with E-state index in [1.54, 1.807) is 42.4 Å². The number of aromatic nitrogens is 1. The number of likely N-dealkylation sites (N-methyl/N-ethyl adjacent to an activating group) is 1. The number of hydrogen-bond donors (Lipinski definition) is 2. The Morgan fingerprint density at radius 3 is 2.65 bits per heavy atom. The maximum absolute atomic E-state index is 12.0. The van der Waals surface area contributed by atoms with Crippen LogP contribution in [0.15, 0.2) is 48.7 Å². The Labute approximate surface area is 118 Å². The van der Waals surface area contributed by atoms with Crippen molar-refractivity contribution in [1.29, 1.82) is 0 Å². The Bertz CT molecular complexity index is 554. The zero-order valence-corrected chi connectivity index (χ0v) is 11.4. The first kappa shape index (κ1) is 13.9. The molecule has 0 spiro atoms. The second-order valence-electron chi connectivity index (χ2n) is 4.54. The third-order valence-electron chi connectivity index (χ3n) is 2.94. The van der Waals surface area contributed by atoms with Crippen molar-refractivity contribution in [1.82, 2.24) is 9.88 Å². The van der Waals surface area contributed by atoms with Gasteiger partial charge in [0.1, 0.15) is 0 Å². The van der Waals surface area contributed by atoms with Gasteiger partial charge in [-0.25, -0.2) is 4.79 Å². The fourth-order valence-corrected chi connectivity index (χ4v) is 1.72. The summed E-state index contributed by atoms with van der Waals surface area (Å²) in [6.45, 7) is 0.609. The highest BCUT2D eigenvalue weighted by atomic mass is 16.2. The van der Waals surface area contributed by atoms with E-state index in [-0.39, 0.29) is 6.03 Å². The molecule has 0 bridgehead atoms. The highest BCUT2D eigenvalue weighted by Crippen LogP contribution is 2.11. The molecule has 20 heavy (non-hydrogen) atoms. The van der Waals surface area contributed by atoms with Gasteiger partial charge in [-0.05, 0) is 36.4 Å². The Balaban J connectivity index is 1.84. The SMILES string of the molecule is CN(CCc1ccccn1)C(=O)Nc1ccc(N)cc1. The number of anilines is 2. The molecule has 0 aliphatic carbocycles. The van der Waals surface area contributed by atoms with Crippen LogP contribution in [0.25, 0.3) is 0 Å². The number of benzene rings is 1. The number of nitrogens with one attached hydrogen (secondary N) is 1. The van der Waals surface area contributed by atoms with Crippen molar-refractivity contribution in [2.75, 3.05) is 24.6 Å². The quantitative estimate of drug-likeness (QED) is 0.838. The lowest BCUT2D eigenvalue weighted by molar-refractivity contribution is 0.223. The van der Waals surface area contributed by atoms with Crippen molar-refractivity contribution < 1.29 is 4.79 Å². The second kappa shape index (κ2) is 6.56. The number of urea groups is 1. The van der Waals surface area contributed by atoms with Crippen molar-refractivity contribution in [2.45, 2.75) is 6.42 Å². The smallest absolute Gasteiger partial charge is 0.321 e. The molecule has 3 N–H and O–H groups in total. The minimum atomic E-state index is -0.147. The Morgan fingerprint density at radius 1 is 1.25 bits per heavy atom. The van der Waals surface area contributed by atoms with Gasteiger partial charge < -0.3 is 16.0 Å². The van der Waals surface area contributed by atoms with Gasteiger partial charge in [0, 0.05) is 43.3 Å². The molecular weight excluding hydrogens is 252 g/mol. The monoisotopic (exact) mass is 270 g/mol. The lowest BCUT2D eigenvalue weighted by Crippen LogP contribution is -2.33. The molecule has 0 unspecified atom stereocenters. The molecule has 2 rings (SSSR count). The third kappa shape index (κ3) is 3.98. The van der Waals surface area contributed by atoms with Crippen molar-refractivity contribution >= 4 is 17.4 Å². The summed E-state index contributed by atoms with van der Waals surface area (Å²) in [5.41, 5.74) is 7.97. The molecular formula is C15H18N4O. The second-order valence-corrected chi connectivity index (χ2v) is 4.54. The standard InChI is InChI=1S/C15H18N4O/c1-19(11-9-13-4-2-3-10-17-13)15(20)18-14-7-5-12(16)6-8-14/h2-8,10H,9,11,16H2,1H3,(H,18,20). The number of amides is 2. The fourth-order valence-electron chi connectivity index (χ4n) is 1.72. The third-order valence-corrected chi connectivity index (χ3v) is 2.94. The van der Waals surface area contributed by atoms with E-state index in [0.29, 0.717) is 12.2 Å². The van der Waals surface area contributed by atoms with Gasteiger partial charge in [-0.2, -0.15) is 0 Å². The van der Waals surface area contributed by atoms with E-state index in [4.69, 9.17) is 5.73 Å². The van der Waals surface area contributed by atoms with Crippen molar-refractivity contribution in [3.63, 3.8) is 0 Å². The summed E-state index contributed by atoms with van der Waals surface area (Å²) in [7, 11) is 1.76. The number of carbonyl (C=O) groups excluding carboxylic acids is 1. The molecule has 0 radical (unpaired) electrons. The van der Waals surface area contributed by atoms with E-state index in [0.717, 1.165) is 17.8 Å². The number of hydrogen-bond acceptors (Lipinski definition) is 3. The first-order chi connectivity index (χ1) is 9.65. The Hall–Kier alpha value is -2.56. The average molecular weight is 270 g/mol. The van der Waals surface area contributed by atoms with Gasteiger partial charge in [-0.3, -0.25) is 4.98 Å². The molecule has 104 valence electrons. The fraction of sp³-hybridized carbons (Fsp3) is 0.200. The van der Waals surface area contributed by atoms with Gasteiger partial charge in [0.15, 0.2) is 0 Å². The molecule has 1 aromatic heterocycles. The van der Waals surface area contributed by atoms with Crippen LogP contribution in [-0.2, 0) is 6.42 Å². The first-order valence-electron chi connectivity index (χ1n) is 6.43. The van der Waals surface area contributed by atoms with Crippen LogP contribution in [0.1, 0.15) is 5.69 Å². The molecule has 1 heterocycles. The Morgan fingerprint density at radius 2 is 2.00 bits per heavy atom. The number of nitrogens with two attached hydrogens (primary N) is 1. The summed E-state index contributed by atoms with van der Waals surface area (Å²) >= 11 is 0. The Kier molecular flexibility index (Phi) is 4.55. The largest absolute Gasteiger partial charge is 0.399 e. The van der Waals surface area contributed by atoms with E-state index < -0.39 is 0 Å². The summed E-state index contributed by atoms with van der Waals surface area (Å²) in [6.07, 6.45) is 2.48. The molecule has 2 amide bonds. The number of nitrogens with zero attached hydrogens (tertiary/aromatic N) is 2. The van der Waals surface area contributed by atoms with Crippen LogP contribution < -0.4 is 11.1 Å². The molecule has 2 aromatic rings. The summed E-state index contributed by atoms with van der Waals surface area (Å²) in [5.74, 6) is 0. The molecule has 0 saturated heterocycles. The summed E-state index contributed by atoms with van der Waals surface area (Å²) < 4.78 is 0. The van der Waals surface area contributed by atoms with Crippen LogP contribution in [0.5, 0.6) is 0 Å². The van der Waals surface area contributed by atoms with Crippen LogP contribution in [-0.4, -0.2) is 29.5 Å². The van der Waals surface area contributed by atoms with Gasteiger partial charge in [0.2, 0.25) is 0 Å². The first-order valence-corrected chi connectivity index (χ1v) is 6.43. The van der Waals surface area contributed by atoms with Crippen molar-refractivity contribution in [3.05, 3.63) is 54.4 Å². The van der Waals surface area contributed by atoms with Crippen molar-refractivity contribution in [3.8, 4) is 0 Å².